The quantitative estimate of drug-likeness (QED) is 0.422. The van der Waals surface area contributed by atoms with Gasteiger partial charge in [0.25, 0.3) is 0 Å². The average Bonchev–Trinajstić information content (AvgIpc) is 2.48. The third-order valence-electron chi connectivity index (χ3n) is 2.88. The van der Waals surface area contributed by atoms with Gasteiger partial charge in [-0.25, -0.2) is 4.79 Å². The van der Waals surface area contributed by atoms with Crippen molar-refractivity contribution in [2.24, 2.45) is 0 Å². The molecule has 116 valence electrons. The van der Waals surface area contributed by atoms with E-state index < -0.39 is 16.1 Å². The Morgan fingerprint density at radius 1 is 1.09 bits per heavy atom. The highest BCUT2D eigenvalue weighted by Crippen LogP contribution is 2.23. The summed E-state index contributed by atoms with van der Waals surface area (Å²) < 4.78 is 35.3. The average molecular weight is 432 g/mol. The summed E-state index contributed by atoms with van der Waals surface area (Å²) in [4.78, 5) is 11.5. The summed E-state index contributed by atoms with van der Waals surface area (Å²) >= 11 is 2.12. The molecule has 5 nitrogen and oxygen atoms in total. The van der Waals surface area contributed by atoms with E-state index in [4.69, 9.17) is 4.18 Å². The fraction of sp³-hybridized carbons (Fsp3) is 0.133. The molecule has 0 aromatic heterocycles. The number of methoxy groups -OCH3 is 1. The Morgan fingerprint density at radius 2 is 1.73 bits per heavy atom. The van der Waals surface area contributed by atoms with E-state index in [1.165, 1.54) is 25.3 Å². The van der Waals surface area contributed by atoms with Crippen molar-refractivity contribution in [3.8, 4) is 5.75 Å². The van der Waals surface area contributed by atoms with Crippen molar-refractivity contribution in [1.29, 1.82) is 0 Å². The monoisotopic (exact) mass is 432 g/mol. The molecule has 0 aliphatic carbocycles. The Kier molecular flexibility index (Phi) is 5.07. The number of carbonyl (C=O) groups excluding carboxylic acids is 1. The highest BCUT2D eigenvalue weighted by molar-refractivity contribution is 14.1. The number of carbonyl (C=O) groups is 1. The van der Waals surface area contributed by atoms with Crippen LogP contribution in [0.4, 0.5) is 0 Å². The van der Waals surface area contributed by atoms with Crippen LogP contribution >= 0.6 is 22.6 Å². The SMILES string of the molecule is COC(=O)c1ccc(S(=O)(=O)Oc2ccc(I)cc2)c(C)c1. The van der Waals surface area contributed by atoms with Crippen LogP contribution in [0.15, 0.2) is 47.4 Å². The maximum absolute atomic E-state index is 12.3. The van der Waals surface area contributed by atoms with Crippen molar-refractivity contribution in [2.75, 3.05) is 7.11 Å². The van der Waals surface area contributed by atoms with Crippen LogP contribution in [0.25, 0.3) is 0 Å². The first kappa shape index (κ1) is 16.8. The molecule has 0 atom stereocenters. The van der Waals surface area contributed by atoms with E-state index in [2.05, 4.69) is 27.3 Å². The van der Waals surface area contributed by atoms with Crippen LogP contribution < -0.4 is 4.18 Å². The zero-order valence-electron chi connectivity index (χ0n) is 11.9. The standard InChI is InChI=1S/C15H13IO5S/c1-10-9-11(15(17)20-2)3-8-14(10)22(18,19)21-13-6-4-12(16)5-7-13/h3-9H,1-2H3. The van der Waals surface area contributed by atoms with Gasteiger partial charge in [0.05, 0.1) is 12.7 Å². The number of rotatable bonds is 4. The predicted octanol–water partition coefficient (Wildman–Crippen LogP) is 3.15. The summed E-state index contributed by atoms with van der Waals surface area (Å²) in [5.74, 6) is -0.289. The zero-order chi connectivity index (χ0) is 16.3. The fourth-order valence-corrected chi connectivity index (χ4v) is 3.34. The number of aryl methyl sites for hydroxylation is 1. The van der Waals surface area contributed by atoms with Crippen LogP contribution in [-0.2, 0) is 14.9 Å². The summed E-state index contributed by atoms with van der Waals surface area (Å²) in [7, 11) is -2.69. The molecule has 0 saturated carbocycles. The van der Waals surface area contributed by atoms with Gasteiger partial charge in [0, 0.05) is 3.57 Å². The molecule has 0 heterocycles. The number of halogens is 1. The van der Waals surface area contributed by atoms with Crippen LogP contribution in [-0.4, -0.2) is 21.5 Å². The van der Waals surface area contributed by atoms with E-state index in [1.807, 2.05) is 0 Å². The molecule has 22 heavy (non-hydrogen) atoms. The summed E-state index contributed by atoms with van der Waals surface area (Å²) in [6.07, 6.45) is 0. The van der Waals surface area contributed by atoms with E-state index in [0.29, 0.717) is 5.56 Å². The van der Waals surface area contributed by atoms with Gasteiger partial charge in [-0.05, 0) is 77.5 Å². The van der Waals surface area contributed by atoms with Crippen molar-refractivity contribution < 1.29 is 22.1 Å². The summed E-state index contributed by atoms with van der Waals surface area (Å²) in [6.45, 7) is 1.59. The lowest BCUT2D eigenvalue weighted by Crippen LogP contribution is -2.12. The molecular formula is C15H13IO5S. The number of benzene rings is 2. The number of ether oxygens (including phenoxy) is 1. The number of hydrogen-bond acceptors (Lipinski definition) is 5. The van der Waals surface area contributed by atoms with Gasteiger partial charge in [0.2, 0.25) is 0 Å². The van der Waals surface area contributed by atoms with E-state index in [9.17, 15) is 13.2 Å². The van der Waals surface area contributed by atoms with E-state index >= 15 is 0 Å². The van der Waals surface area contributed by atoms with Gasteiger partial charge in [-0.15, -0.1) is 0 Å². The van der Waals surface area contributed by atoms with Crippen LogP contribution in [0.1, 0.15) is 15.9 Å². The van der Waals surface area contributed by atoms with Gasteiger partial charge < -0.3 is 8.92 Å². The van der Waals surface area contributed by atoms with Gasteiger partial charge >= 0.3 is 16.1 Å². The minimum atomic E-state index is -3.96. The van der Waals surface area contributed by atoms with E-state index in [0.717, 1.165) is 3.57 Å². The van der Waals surface area contributed by atoms with Crippen LogP contribution in [0, 0.1) is 10.5 Å². The lowest BCUT2D eigenvalue weighted by atomic mass is 10.1. The molecule has 0 unspecified atom stereocenters. The Bertz CT molecular complexity index is 797. The lowest BCUT2D eigenvalue weighted by Gasteiger charge is -2.10. The maximum atomic E-state index is 12.3. The predicted molar refractivity (Wildman–Crippen MR) is 89.5 cm³/mol. The molecule has 2 aromatic rings. The minimum absolute atomic E-state index is 0.0127. The zero-order valence-corrected chi connectivity index (χ0v) is 14.8. The minimum Gasteiger partial charge on any atom is -0.465 e. The molecule has 0 bridgehead atoms. The summed E-state index contributed by atoms with van der Waals surface area (Å²) in [5, 5.41) is 0. The third-order valence-corrected chi connectivity index (χ3v) is 5.01. The second kappa shape index (κ2) is 6.66. The molecule has 2 aromatic carbocycles. The van der Waals surface area contributed by atoms with Crippen LogP contribution in [0.3, 0.4) is 0 Å². The van der Waals surface area contributed by atoms with Crippen molar-refractivity contribution in [2.45, 2.75) is 11.8 Å². The molecule has 0 N–H and O–H groups in total. The molecule has 0 saturated heterocycles. The smallest absolute Gasteiger partial charge is 0.339 e. The van der Waals surface area contributed by atoms with Crippen molar-refractivity contribution in [3.63, 3.8) is 0 Å². The van der Waals surface area contributed by atoms with E-state index in [1.54, 1.807) is 31.2 Å². The Morgan fingerprint density at radius 3 is 2.27 bits per heavy atom. The molecule has 0 aliphatic heterocycles. The van der Waals surface area contributed by atoms with Crippen molar-refractivity contribution in [3.05, 3.63) is 57.2 Å². The Balaban J connectivity index is 2.33. The number of esters is 1. The first-order chi connectivity index (χ1) is 10.3. The van der Waals surface area contributed by atoms with Crippen LogP contribution in [0.5, 0.6) is 5.75 Å². The summed E-state index contributed by atoms with van der Waals surface area (Å²) in [5.41, 5.74) is 0.696. The first-order valence-electron chi connectivity index (χ1n) is 6.22. The second-order valence-electron chi connectivity index (χ2n) is 4.46. The fourth-order valence-electron chi connectivity index (χ4n) is 1.84. The van der Waals surface area contributed by atoms with Gasteiger partial charge in [-0.1, -0.05) is 0 Å². The first-order valence-corrected chi connectivity index (χ1v) is 8.71. The van der Waals surface area contributed by atoms with E-state index in [-0.39, 0.29) is 16.2 Å². The highest BCUT2D eigenvalue weighted by atomic mass is 127. The van der Waals surface area contributed by atoms with Crippen molar-refractivity contribution in [1.82, 2.24) is 0 Å². The molecule has 0 spiro atoms. The molecule has 0 radical (unpaired) electrons. The normalized spacial score (nSPS) is 11.0. The molecule has 7 heteroatoms. The second-order valence-corrected chi connectivity index (χ2v) is 7.22. The third kappa shape index (κ3) is 3.77. The lowest BCUT2D eigenvalue weighted by molar-refractivity contribution is 0.0600. The molecule has 0 aliphatic rings. The Labute approximate surface area is 142 Å². The van der Waals surface area contributed by atoms with Gasteiger partial charge in [0.1, 0.15) is 10.6 Å². The van der Waals surface area contributed by atoms with Crippen molar-refractivity contribution >= 4 is 38.7 Å². The van der Waals surface area contributed by atoms with Gasteiger partial charge in [-0.3, -0.25) is 0 Å². The van der Waals surface area contributed by atoms with Gasteiger partial charge in [0.15, 0.2) is 0 Å². The molecule has 2 rings (SSSR count). The van der Waals surface area contributed by atoms with Gasteiger partial charge in [-0.2, -0.15) is 8.42 Å². The molecule has 0 fully saturated rings. The molecule has 0 amide bonds. The summed E-state index contributed by atoms with van der Waals surface area (Å²) in [6, 6.07) is 10.8. The topological polar surface area (TPSA) is 69.7 Å². The maximum Gasteiger partial charge on any atom is 0.339 e. The number of hydrogen-bond donors (Lipinski definition) is 0. The highest BCUT2D eigenvalue weighted by Gasteiger charge is 2.20. The largest absolute Gasteiger partial charge is 0.465 e. The Hall–Kier alpha value is -1.61. The van der Waals surface area contributed by atoms with Crippen LogP contribution in [0.2, 0.25) is 0 Å². The molecular weight excluding hydrogens is 419 g/mol.